The third-order valence-corrected chi connectivity index (χ3v) is 1.65. The molecule has 0 fully saturated rings. The van der Waals surface area contributed by atoms with Crippen LogP contribution in [0, 0.1) is 0 Å². The lowest BCUT2D eigenvalue weighted by Crippen LogP contribution is -2.37. The van der Waals surface area contributed by atoms with Crippen LogP contribution in [-0.4, -0.2) is 41.3 Å². The van der Waals surface area contributed by atoms with E-state index >= 15 is 0 Å². The highest BCUT2D eigenvalue weighted by Gasteiger charge is 2.12. The van der Waals surface area contributed by atoms with E-state index in [9.17, 15) is 0 Å². The van der Waals surface area contributed by atoms with E-state index in [0.29, 0.717) is 12.8 Å². The normalized spacial score (nSPS) is 13.9. The lowest BCUT2D eigenvalue weighted by Gasteiger charge is -2.17. The largest absolute Gasteiger partial charge is 0.396 e. The SMILES string of the molecule is CNC(CCCCO)C(O)O. The highest BCUT2D eigenvalue weighted by molar-refractivity contribution is 4.65. The van der Waals surface area contributed by atoms with E-state index in [1.807, 2.05) is 0 Å². The van der Waals surface area contributed by atoms with Gasteiger partial charge in [0.1, 0.15) is 0 Å². The molecule has 4 heteroatoms. The van der Waals surface area contributed by atoms with E-state index in [0.717, 1.165) is 6.42 Å². The standard InChI is InChI=1S/C7H17NO3/c1-8-6(7(10)11)4-2-3-5-9/h6-11H,2-5H2,1H3. The van der Waals surface area contributed by atoms with Gasteiger partial charge in [-0.1, -0.05) is 0 Å². The number of rotatable bonds is 6. The Labute approximate surface area is 66.9 Å². The van der Waals surface area contributed by atoms with Crippen molar-refractivity contribution in [2.24, 2.45) is 0 Å². The van der Waals surface area contributed by atoms with Crippen LogP contribution >= 0.6 is 0 Å². The van der Waals surface area contributed by atoms with E-state index in [2.05, 4.69) is 5.32 Å². The summed E-state index contributed by atoms with van der Waals surface area (Å²) in [6, 6.07) is -0.276. The van der Waals surface area contributed by atoms with Gasteiger partial charge in [-0.3, -0.25) is 0 Å². The van der Waals surface area contributed by atoms with Crippen molar-refractivity contribution in [3.8, 4) is 0 Å². The van der Waals surface area contributed by atoms with Gasteiger partial charge in [-0.25, -0.2) is 0 Å². The molecule has 0 aromatic carbocycles. The maximum absolute atomic E-state index is 8.74. The zero-order valence-electron chi connectivity index (χ0n) is 6.82. The van der Waals surface area contributed by atoms with Crippen molar-refractivity contribution < 1.29 is 15.3 Å². The fraction of sp³-hybridized carbons (Fsp3) is 1.00. The minimum Gasteiger partial charge on any atom is -0.396 e. The van der Waals surface area contributed by atoms with Crippen molar-refractivity contribution >= 4 is 0 Å². The molecular weight excluding hydrogens is 146 g/mol. The van der Waals surface area contributed by atoms with Gasteiger partial charge in [0.05, 0.1) is 6.04 Å². The van der Waals surface area contributed by atoms with Crippen LogP contribution in [0.15, 0.2) is 0 Å². The van der Waals surface area contributed by atoms with Crippen molar-refractivity contribution in [3.63, 3.8) is 0 Å². The quantitative estimate of drug-likeness (QED) is 0.301. The van der Waals surface area contributed by atoms with Crippen LogP contribution in [0.4, 0.5) is 0 Å². The summed E-state index contributed by atoms with van der Waals surface area (Å²) in [4.78, 5) is 0. The second kappa shape index (κ2) is 6.54. The molecule has 0 saturated carbocycles. The van der Waals surface area contributed by atoms with E-state index in [4.69, 9.17) is 15.3 Å². The Morgan fingerprint density at radius 3 is 2.27 bits per heavy atom. The van der Waals surface area contributed by atoms with Gasteiger partial charge >= 0.3 is 0 Å². The smallest absolute Gasteiger partial charge is 0.167 e. The molecule has 0 aromatic rings. The van der Waals surface area contributed by atoms with Crippen LogP contribution in [0.25, 0.3) is 0 Å². The molecule has 0 aliphatic rings. The van der Waals surface area contributed by atoms with E-state index in [-0.39, 0.29) is 12.6 Å². The first-order chi connectivity index (χ1) is 5.22. The van der Waals surface area contributed by atoms with Crippen molar-refractivity contribution in [1.29, 1.82) is 0 Å². The second-order valence-electron chi connectivity index (χ2n) is 2.53. The summed E-state index contributed by atoms with van der Waals surface area (Å²) in [6.45, 7) is 0.165. The molecule has 68 valence electrons. The van der Waals surface area contributed by atoms with Gasteiger partial charge in [0.2, 0.25) is 0 Å². The summed E-state index contributed by atoms with van der Waals surface area (Å²) in [6.07, 6.45) is 0.887. The van der Waals surface area contributed by atoms with Crippen molar-refractivity contribution in [2.45, 2.75) is 31.6 Å². The van der Waals surface area contributed by atoms with E-state index < -0.39 is 6.29 Å². The molecule has 4 nitrogen and oxygen atoms in total. The predicted molar refractivity (Wildman–Crippen MR) is 42.0 cm³/mol. The molecule has 0 saturated heterocycles. The molecule has 1 atom stereocenters. The fourth-order valence-corrected chi connectivity index (χ4v) is 0.919. The first-order valence-electron chi connectivity index (χ1n) is 3.86. The Morgan fingerprint density at radius 2 is 1.91 bits per heavy atom. The van der Waals surface area contributed by atoms with Gasteiger partial charge < -0.3 is 20.6 Å². The average molecular weight is 163 g/mol. The topological polar surface area (TPSA) is 72.7 Å². The van der Waals surface area contributed by atoms with Crippen molar-refractivity contribution in [1.82, 2.24) is 5.32 Å². The fourth-order valence-electron chi connectivity index (χ4n) is 0.919. The van der Waals surface area contributed by atoms with Crippen molar-refractivity contribution in [2.75, 3.05) is 13.7 Å². The summed E-state index contributed by atoms with van der Waals surface area (Å²) in [5.74, 6) is 0. The predicted octanol–water partition coefficient (Wildman–Crippen LogP) is -0.952. The summed E-state index contributed by atoms with van der Waals surface area (Å²) in [5, 5.41) is 28.7. The Bertz CT molecular complexity index is 87.8. The Balaban J connectivity index is 3.36. The minimum atomic E-state index is -1.31. The van der Waals surface area contributed by atoms with Gasteiger partial charge in [0.25, 0.3) is 0 Å². The maximum atomic E-state index is 8.74. The van der Waals surface area contributed by atoms with Crippen LogP contribution in [-0.2, 0) is 0 Å². The van der Waals surface area contributed by atoms with Crippen LogP contribution in [0.1, 0.15) is 19.3 Å². The molecule has 1 unspecified atom stereocenters. The third kappa shape index (κ3) is 5.15. The van der Waals surface area contributed by atoms with E-state index in [1.165, 1.54) is 0 Å². The molecule has 0 spiro atoms. The third-order valence-electron chi connectivity index (χ3n) is 1.65. The second-order valence-corrected chi connectivity index (χ2v) is 2.53. The van der Waals surface area contributed by atoms with Crippen LogP contribution in [0.2, 0.25) is 0 Å². The summed E-state index contributed by atoms with van der Waals surface area (Å²) in [7, 11) is 1.68. The highest BCUT2D eigenvalue weighted by atomic mass is 16.5. The molecular formula is C7H17NO3. The van der Waals surface area contributed by atoms with Gasteiger partial charge in [-0.05, 0) is 26.3 Å². The summed E-state index contributed by atoms with van der Waals surface area (Å²) >= 11 is 0. The number of likely N-dealkylation sites (N-methyl/N-ethyl adjacent to an activating group) is 1. The van der Waals surface area contributed by atoms with Crippen molar-refractivity contribution in [3.05, 3.63) is 0 Å². The Kier molecular flexibility index (Phi) is 6.45. The van der Waals surface area contributed by atoms with Gasteiger partial charge in [0.15, 0.2) is 6.29 Å². The lowest BCUT2D eigenvalue weighted by molar-refractivity contribution is -0.0675. The molecule has 0 aromatic heterocycles. The van der Waals surface area contributed by atoms with Crippen LogP contribution < -0.4 is 5.32 Å². The number of nitrogens with one attached hydrogen (secondary N) is 1. The molecule has 4 N–H and O–H groups in total. The molecule has 0 bridgehead atoms. The molecule has 0 amide bonds. The number of aliphatic hydroxyl groups is 3. The molecule has 11 heavy (non-hydrogen) atoms. The first-order valence-corrected chi connectivity index (χ1v) is 3.86. The van der Waals surface area contributed by atoms with E-state index in [1.54, 1.807) is 7.05 Å². The summed E-state index contributed by atoms with van der Waals surface area (Å²) in [5.41, 5.74) is 0. The number of aliphatic hydroxyl groups excluding tert-OH is 2. The molecule has 0 aliphatic carbocycles. The number of unbranched alkanes of at least 4 members (excludes halogenated alkanes) is 1. The Morgan fingerprint density at radius 1 is 1.27 bits per heavy atom. The minimum absolute atomic E-state index is 0.165. The van der Waals surface area contributed by atoms with Gasteiger partial charge in [-0.15, -0.1) is 0 Å². The highest BCUT2D eigenvalue weighted by Crippen LogP contribution is 2.02. The monoisotopic (exact) mass is 163 g/mol. The number of hydrogen-bond acceptors (Lipinski definition) is 4. The molecule has 0 aliphatic heterocycles. The lowest BCUT2D eigenvalue weighted by atomic mass is 10.1. The van der Waals surface area contributed by atoms with Crippen LogP contribution in [0.3, 0.4) is 0 Å². The summed E-state index contributed by atoms with van der Waals surface area (Å²) < 4.78 is 0. The molecule has 0 heterocycles. The maximum Gasteiger partial charge on any atom is 0.167 e. The average Bonchev–Trinajstić information content (AvgIpc) is 1.97. The molecule has 0 rings (SSSR count). The first kappa shape index (κ1) is 10.8. The van der Waals surface area contributed by atoms with Gasteiger partial charge in [-0.2, -0.15) is 0 Å². The van der Waals surface area contributed by atoms with Crippen LogP contribution in [0.5, 0.6) is 0 Å². The molecule has 0 radical (unpaired) electrons. The zero-order chi connectivity index (χ0) is 8.69. The number of hydrogen-bond donors (Lipinski definition) is 4. The Hall–Kier alpha value is -0.160. The zero-order valence-corrected chi connectivity index (χ0v) is 6.82. The van der Waals surface area contributed by atoms with Gasteiger partial charge in [0, 0.05) is 6.61 Å².